The number of thiophene rings is 1. The maximum atomic E-state index is 12.5. The highest BCUT2D eigenvalue weighted by molar-refractivity contribution is 9.11. The van der Waals surface area contributed by atoms with Gasteiger partial charge in [0.05, 0.1) is 24.6 Å². The largest absolute Gasteiger partial charge is 0.339 e. The molecule has 3 aromatic rings. The SMILES string of the molecule is O=C(c1csc(Br)c1)N1CCC(c2nc3cc(Cl)ccc3s2)CC1. The lowest BCUT2D eigenvalue weighted by molar-refractivity contribution is 0.0713. The Kier molecular flexibility index (Phi) is 4.64. The summed E-state index contributed by atoms with van der Waals surface area (Å²) in [6.07, 6.45) is 1.93. The molecule has 1 aromatic carbocycles. The van der Waals surface area contributed by atoms with Gasteiger partial charge in [0, 0.05) is 29.4 Å². The van der Waals surface area contributed by atoms with Crippen molar-refractivity contribution in [3.05, 3.63) is 49.0 Å². The first-order valence-electron chi connectivity index (χ1n) is 7.69. The van der Waals surface area contributed by atoms with E-state index >= 15 is 0 Å². The van der Waals surface area contributed by atoms with E-state index in [1.807, 2.05) is 34.5 Å². The molecule has 24 heavy (non-hydrogen) atoms. The van der Waals surface area contributed by atoms with Crippen LogP contribution in [0, 0.1) is 0 Å². The molecule has 0 spiro atoms. The van der Waals surface area contributed by atoms with Crippen LogP contribution in [0.5, 0.6) is 0 Å². The van der Waals surface area contributed by atoms with Crippen molar-refractivity contribution in [2.24, 2.45) is 0 Å². The van der Waals surface area contributed by atoms with E-state index in [1.165, 1.54) is 4.70 Å². The van der Waals surface area contributed by atoms with Crippen LogP contribution in [-0.4, -0.2) is 28.9 Å². The maximum Gasteiger partial charge on any atom is 0.254 e. The van der Waals surface area contributed by atoms with Gasteiger partial charge in [-0.25, -0.2) is 4.98 Å². The predicted octanol–water partition coefficient (Wildman–Crippen LogP) is 5.79. The van der Waals surface area contributed by atoms with Gasteiger partial charge in [-0.05, 0) is 53.0 Å². The number of rotatable bonds is 2. The number of likely N-dealkylation sites (tertiary alicyclic amines) is 1. The molecule has 1 saturated heterocycles. The molecule has 1 fully saturated rings. The van der Waals surface area contributed by atoms with Crippen LogP contribution in [0.4, 0.5) is 0 Å². The molecule has 1 aliphatic rings. The second-order valence-corrected chi connectivity index (χ2v) is 9.66. The number of carbonyl (C=O) groups is 1. The van der Waals surface area contributed by atoms with E-state index in [-0.39, 0.29) is 5.91 Å². The van der Waals surface area contributed by atoms with Crippen molar-refractivity contribution in [2.45, 2.75) is 18.8 Å². The molecule has 3 heterocycles. The second kappa shape index (κ2) is 6.75. The molecule has 2 aromatic heterocycles. The summed E-state index contributed by atoms with van der Waals surface area (Å²) in [4.78, 5) is 19.2. The molecule has 0 aliphatic carbocycles. The molecule has 4 rings (SSSR count). The first-order valence-corrected chi connectivity index (χ1v) is 10.6. The Balaban J connectivity index is 1.46. The predicted molar refractivity (Wildman–Crippen MR) is 105 cm³/mol. The van der Waals surface area contributed by atoms with E-state index in [2.05, 4.69) is 15.9 Å². The van der Waals surface area contributed by atoms with Crippen LogP contribution in [0.25, 0.3) is 10.2 Å². The molecular formula is C17H14BrClN2OS2. The lowest BCUT2D eigenvalue weighted by Crippen LogP contribution is -2.37. The van der Waals surface area contributed by atoms with E-state index in [4.69, 9.17) is 16.6 Å². The highest BCUT2D eigenvalue weighted by Gasteiger charge is 2.26. The summed E-state index contributed by atoms with van der Waals surface area (Å²) >= 11 is 12.8. The Morgan fingerprint density at radius 1 is 1.29 bits per heavy atom. The molecule has 0 N–H and O–H groups in total. The first-order chi connectivity index (χ1) is 11.6. The molecule has 1 amide bonds. The number of carbonyl (C=O) groups excluding carboxylic acids is 1. The normalized spacial score (nSPS) is 16.0. The van der Waals surface area contributed by atoms with Crippen molar-refractivity contribution < 1.29 is 4.79 Å². The smallest absolute Gasteiger partial charge is 0.254 e. The Hall–Kier alpha value is -0.950. The Bertz CT molecular complexity index is 899. The van der Waals surface area contributed by atoms with Crippen molar-refractivity contribution in [3.8, 4) is 0 Å². The third kappa shape index (κ3) is 3.25. The minimum Gasteiger partial charge on any atom is -0.339 e. The van der Waals surface area contributed by atoms with Crippen LogP contribution < -0.4 is 0 Å². The van der Waals surface area contributed by atoms with Gasteiger partial charge in [0.25, 0.3) is 5.91 Å². The Labute approximate surface area is 161 Å². The fourth-order valence-electron chi connectivity index (χ4n) is 3.03. The zero-order valence-electron chi connectivity index (χ0n) is 12.7. The van der Waals surface area contributed by atoms with Gasteiger partial charge in [-0.3, -0.25) is 4.79 Å². The summed E-state index contributed by atoms with van der Waals surface area (Å²) in [5, 5.41) is 3.80. The summed E-state index contributed by atoms with van der Waals surface area (Å²) in [5.74, 6) is 0.561. The van der Waals surface area contributed by atoms with Gasteiger partial charge < -0.3 is 4.90 Å². The highest BCUT2D eigenvalue weighted by atomic mass is 79.9. The van der Waals surface area contributed by atoms with Crippen molar-refractivity contribution in [2.75, 3.05) is 13.1 Å². The number of hydrogen-bond donors (Lipinski definition) is 0. The monoisotopic (exact) mass is 440 g/mol. The summed E-state index contributed by atoms with van der Waals surface area (Å²) in [7, 11) is 0. The molecule has 1 aliphatic heterocycles. The lowest BCUT2D eigenvalue weighted by Gasteiger charge is -2.30. The standard InChI is InChI=1S/C17H14BrClN2OS2/c18-15-7-11(9-23-15)17(22)21-5-3-10(4-6-21)16-20-13-8-12(19)1-2-14(13)24-16/h1-2,7-10H,3-6H2. The van der Waals surface area contributed by atoms with Crippen LogP contribution >= 0.6 is 50.2 Å². The summed E-state index contributed by atoms with van der Waals surface area (Å²) in [6, 6.07) is 7.76. The average Bonchev–Trinajstić information content (AvgIpc) is 3.20. The van der Waals surface area contributed by atoms with Crippen LogP contribution in [-0.2, 0) is 0 Å². The minimum atomic E-state index is 0.131. The van der Waals surface area contributed by atoms with Gasteiger partial charge in [-0.2, -0.15) is 0 Å². The van der Waals surface area contributed by atoms with Gasteiger partial charge in [0.2, 0.25) is 0 Å². The molecule has 124 valence electrons. The summed E-state index contributed by atoms with van der Waals surface area (Å²) < 4.78 is 2.17. The van der Waals surface area contributed by atoms with E-state index in [9.17, 15) is 4.79 Å². The van der Waals surface area contributed by atoms with Crippen molar-refractivity contribution in [1.29, 1.82) is 0 Å². The topological polar surface area (TPSA) is 33.2 Å². The third-order valence-electron chi connectivity index (χ3n) is 4.31. The third-order valence-corrected chi connectivity index (χ3v) is 7.25. The second-order valence-electron chi connectivity index (χ2n) is 5.87. The fourth-order valence-corrected chi connectivity index (χ4v) is 5.44. The number of thiazole rings is 1. The lowest BCUT2D eigenvalue weighted by atomic mass is 9.97. The minimum absolute atomic E-state index is 0.131. The number of aromatic nitrogens is 1. The van der Waals surface area contributed by atoms with Crippen LogP contribution in [0.1, 0.15) is 34.1 Å². The molecule has 0 atom stereocenters. The molecular weight excluding hydrogens is 428 g/mol. The zero-order chi connectivity index (χ0) is 16.7. The summed E-state index contributed by atoms with van der Waals surface area (Å²) in [6.45, 7) is 1.57. The van der Waals surface area contributed by atoms with Gasteiger partial charge in [0.1, 0.15) is 0 Å². The van der Waals surface area contributed by atoms with Gasteiger partial charge in [-0.1, -0.05) is 11.6 Å². The molecule has 3 nitrogen and oxygen atoms in total. The first kappa shape index (κ1) is 16.5. The molecule has 0 bridgehead atoms. The van der Waals surface area contributed by atoms with Gasteiger partial charge in [0.15, 0.2) is 0 Å². The quantitative estimate of drug-likeness (QED) is 0.504. The number of piperidine rings is 1. The average molecular weight is 442 g/mol. The molecule has 0 unspecified atom stereocenters. The van der Waals surface area contributed by atoms with Gasteiger partial charge in [-0.15, -0.1) is 22.7 Å². The number of nitrogens with zero attached hydrogens (tertiary/aromatic N) is 2. The number of hydrogen-bond acceptors (Lipinski definition) is 4. The number of benzene rings is 1. The van der Waals surface area contributed by atoms with E-state index in [0.717, 1.165) is 50.8 Å². The fraction of sp³-hybridized carbons (Fsp3) is 0.294. The van der Waals surface area contributed by atoms with Crippen LogP contribution in [0.15, 0.2) is 33.4 Å². The number of halogens is 2. The zero-order valence-corrected chi connectivity index (χ0v) is 16.6. The van der Waals surface area contributed by atoms with Crippen LogP contribution in [0.2, 0.25) is 5.02 Å². The molecule has 7 heteroatoms. The Morgan fingerprint density at radius 2 is 2.08 bits per heavy atom. The maximum absolute atomic E-state index is 12.5. The molecule has 0 radical (unpaired) electrons. The Morgan fingerprint density at radius 3 is 2.79 bits per heavy atom. The van der Waals surface area contributed by atoms with Crippen molar-refractivity contribution in [1.82, 2.24) is 9.88 Å². The number of fused-ring (bicyclic) bond motifs is 1. The van der Waals surface area contributed by atoms with Gasteiger partial charge >= 0.3 is 0 Å². The highest BCUT2D eigenvalue weighted by Crippen LogP contribution is 2.35. The van der Waals surface area contributed by atoms with Crippen molar-refractivity contribution in [3.63, 3.8) is 0 Å². The summed E-state index contributed by atoms with van der Waals surface area (Å²) in [5.41, 5.74) is 1.75. The van der Waals surface area contributed by atoms with E-state index in [1.54, 1.807) is 22.7 Å². The van der Waals surface area contributed by atoms with E-state index < -0.39 is 0 Å². The number of amides is 1. The van der Waals surface area contributed by atoms with Crippen LogP contribution in [0.3, 0.4) is 0 Å². The van der Waals surface area contributed by atoms with E-state index in [0.29, 0.717) is 5.92 Å². The van der Waals surface area contributed by atoms with Crippen molar-refractivity contribution >= 4 is 66.3 Å². The molecule has 0 saturated carbocycles.